The first-order valence-corrected chi connectivity index (χ1v) is 10.1. The number of hydrogen-bond acceptors (Lipinski definition) is 5. The van der Waals surface area contributed by atoms with Crippen molar-refractivity contribution in [2.45, 2.75) is 4.90 Å². The number of rotatable bonds is 6. The van der Waals surface area contributed by atoms with Gasteiger partial charge < -0.3 is 14.4 Å². The Bertz CT molecular complexity index is 960. The van der Waals surface area contributed by atoms with Crippen LogP contribution in [0, 0.1) is 0 Å². The Morgan fingerprint density at radius 3 is 2.15 bits per heavy atom. The van der Waals surface area contributed by atoms with Crippen LogP contribution in [-0.2, 0) is 10.0 Å². The van der Waals surface area contributed by atoms with Crippen molar-refractivity contribution in [1.29, 1.82) is 0 Å². The molecule has 0 aliphatic rings. The molecule has 0 heterocycles. The average molecular weight is 457 g/mol. The van der Waals surface area contributed by atoms with Crippen molar-refractivity contribution >= 4 is 37.5 Å². The zero-order chi connectivity index (χ0) is 20.4. The standard InChI is InChI=1S/C18H21BrN2O5S/c1-20(2)27(23,24)17-10-12(6-8-14(17)19)18(22)21(3)13-7-9-15(25-4)16(11-13)26-5/h6-11H,1-5H3. The Morgan fingerprint density at radius 2 is 1.59 bits per heavy atom. The quantitative estimate of drug-likeness (QED) is 0.667. The van der Waals surface area contributed by atoms with E-state index in [9.17, 15) is 13.2 Å². The number of halogens is 1. The largest absolute Gasteiger partial charge is 0.493 e. The second-order valence-corrected chi connectivity index (χ2v) is 8.81. The molecule has 0 spiro atoms. The minimum atomic E-state index is -3.69. The lowest BCUT2D eigenvalue weighted by atomic mass is 10.2. The maximum atomic E-state index is 12.9. The summed E-state index contributed by atoms with van der Waals surface area (Å²) in [5.74, 6) is 0.677. The molecule has 0 radical (unpaired) electrons. The molecule has 2 aromatic rings. The molecule has 0 aliphatic carbocycles. The van der Waals surface area contributed by atoms with E-state index in [0.29, 0.717) is 21.7 Å². The molecule has 0 bridgehead atoms. The Hall–Kier alpha value is -2.10. The molecule has 0 saturated carbocycles. The third-order valence-electron chi connectivity index (χ3n) is 4.00. The Kier molecular flexibility index (Phi) is 6.50. The van der Waals surface area contributed by atoms with Gasteiger partial charge in [-0.1, -0.05) is 0 Å². The van der Waals surface area contributed by atoms with Gasteiger partial charge in [0, 0.05) is 42.9 Å². The van der Waals surface area contributed by atoms with Gasteiger partial charge in [-0.2, -0.15) is 0 Å². The Morgan fingerprint density at radius 1 is 0.963 bits per heavy atom. The van der Waals surface area contributed by atoms with Crippen LogP contribution in [0.3, 0.4) is 0 Å². The molecule has 0 unspecified atom stereocenters. The third-order valence-corrected chi connectivity index (χ3v) is 6.80. The van der Waals surface area contributed by atoms with Crippen LogP contribution in [0.4, 0.5) is 5.69 Å². The lowest BCUT2D eigenvalue weighted by Gasteiger charge is -2.20. The predicted molar refractivity (Wildman–Crippen MR) is 107 cm³/mol. The topological polar surface area (TPSA) is 76.2 Å². The lowest BCUT2D eigenvalue weighted by molar-refractivity contribution is 0.0992. The van der Waals surface area contributed by atoms with Crippen molar-refractivity contribution in [3.05, 3.63) is 46.4 Å². The predicted octanol–water partition coefficient (Wildman–Crippen LogP) is 2.99. The highest BCUT2D eigenvalue weighted by molar-refractivity contribution is 9.10. The Balaban J connectivity index is 2.43. The smallest absolute Gasteiger partial charge is 0.258 e. The molecule has 0 aliphatic heterocycles. The van der Waals surface area contributed by atoms with Crippen LogP contribution >= 0.6 is 15.9 Å². The van der Waals surface area contributed by atoms with E-state index in [1.165, 1.54) is 39.3 Å². The molecule has 0 fully saturated rings. The number of sulfonamides is 1. The van der Waals surface area contributed by atoms with Gasteiger partial charge in [0.25, 0.3) is 5.91 Å². The minimum Gasteiger partial charge on any atom is -0.493 e. The number of carbonyl (C=O) groups is 1. The fourth-order valence-electron chi connectivity index (χ4n) is 2.38. The Labute approximate surface area is 167 Å². The van der Waals surface area contributed by atoms with E-state index in [-0.39, 0.29) is 16.4 Å². The number of anilines is 1. The molecule has 7 nitrogen and oxygen atoms in total. The van der Waals surface area contributed by atoms with Crippen molar-refractivity contribution < 1.29 is 22.7 Å². The molecule has 2 aromatic carbocycles. The normalized spacial score (nSPS) is 11.4. The van der Waals surface area contributed by atoms with Gasteiger partial charge in [0.1, 0.15) is 0 Å². The van der Waals surface area contributed by atoms with Crippen LogP contribution in [0.5, 0.6) is 11.5 Å². The van der Waals surface area contributed by atoms with Gasteiger partial charge >= 0.3 is 0 Å². The summed E-state index contributed by atoms with van der Waals surface area (Å²) in [7, 11) is 3.82. The third kappa shape index (κ3) is 4.26. The van der Waals surface area contributed by atoms with Gasteiger partial charge in [-0.15, -0.1) is 0 Å². The van der Waals surface area contributed by atoms with Crippen molar-refractivity contribution in [2.75, 3.05) is 40.3 Å². The van der Waals surface area contributed by atoms with Crippen LogP contribution in [0.15, 0.2) is 45.8 Å². The highest BCUT2D eigenvalue weighted by Crippen LogP contribution is 2.32. The fourth-order valence-corrected chi connectivity index (χ4v) is 4.22. The molecule has 0 atom stereocenters. The highest BCUT2D eigenvalue weighted by Gasteiger charge is 2.23. The van der Waals surface area contributed by atoms with Crippen molar-refractivity contribution in [2.24, 2.45) is 0 Å². The number of benzene rings is 2. The van der Waals surface area contributed by atoms with E-state index < -0.39 is 10.0 Å². The van der Waals surface area contributed by atoms with E-state index in [1.807, 2.05) is 0 Å². The number of nitrogens with zero attached hydrogens (tertiary/aromatic N) is 2. The molecule has 2 rings (SSSR count). The molecular weight excluding hydrogens is 436 g/mol. The second-order valence-electron chi connectivity index (χ2n) is 5.84. The van der Waals surface area contributed by atoms with Crippen molar-refractivity contribution in [1.82, 2.24) is 4.31 Å². The summed E-state index contributed by atoms with van der Waals surface area (Å²) in [5, 5.41) is 0. The summed E-state index contributed by atoms with van der Waals surface area (Å²) in [6.45, 7) is 0. The number of methoxy groups -OCH3 is 2. The summed E-state index contributed by atoms with van der Waals surface area (Å²) in [5.41, 5.74) is 0.827. The zero-order valence-corrected chi connectivity index (χ0v) is 18.1. The molecule has 0 aromatic heterocycles. The van der Waals surface area contributed by atoms with Gasteiger partial charge in [-0.05, 0) is 46.3 Å². The van der Waals surface area contributed by atoms with Gasteiger partial charge in [0.15, 0.2) is 11.5 Å². The lowest BCUT2D eigenvalue weighted by Crippen LogP contribution is -2.27. The molecule has 0 saturated heterocycles. The summed E-state index contributed by atoms with van der Waals surface area (Å²) < 4.78 is 36.9. The monoisotopic (exact) mass is 456 g/mol. The van der Waals surface area contributed by atoms with Gasteiger partial charge in [-0.3, -0.25) is 4.79 Å². The van der Waals surface area contributed by atoms with Gasteiger partial charge in [0.2, 0.25) is 10.0 Å². The first kappa shape index (κ1) is 21.2. The second kappa shape index (κ2) is 8.28. The van der Waals surface area contributed by atoms with Crippen LogP contribution in [-0.4, -0.2) is 54.0 Å². The molecule has 9 heteroatoms. The van der Waals surface area contributed by atoms with Crippen LogP contribution in [0.2, 0.25) is 0 Å². The molecule has 0 N–H and O–H groups in total. The first-order chi connectivity index (χ1) is 12.6. The molecule has 27 heavy (non-hydrogen) atoms. The maximum Gasteiger partial charge on any atom is 0.258 e. The molecule has 146 valence electrons. The number of carbonyl (C=O) groups excluding carboxylic acids is 1. The van der Waals surface area contributed by atoms with Gasteiger partial charge in [0.05, 0.1) is 19.1 Å². The number of hydrogen-bond donors (Lipinski definition) is 0. The number of ether oxygens (including phenoxy) is 2. The van der Waals surface area contributed by atoms with E-state index >= 15 is 0 Å². The van der Waals surface area contributed by atoms with Gasteiger partial charge in [-0.25, -0.2) is 12.7 Å². The van der Waals surface area contributed by atoms with E-state index in [4.69, 9.17) is 9.47 Å². The summed E-state index contributed by atoms with van der Waals surface area (Å²) >= 11 is 3.24. The fraction of sp³-hybridized carbons (Fsp3) is 0.278. The zero-order valence-electron chi connectivity index (χ0n) is 15.7. The maximum absolute atomic E-state index is 12.9. The summed E-state index contributed by atoms with van der Waals surface area (Å²) in [6, 6.07) is 9.56. The van der Waals surface area contributed by atoms with E-state index in [2.05, 4.69) is 15.9 Å². The van der Waals surface area contributed by atoms with Crippen LogP contribution < -0.4 is 14.4 Å². The van der Waals surface area contributed by atoms with Crippen LogP contribution in [0.25, 0.3) is 0 Å². The van der Waals surface area contributed by atoms with Crippen LogP contribution in [0.1, 0.15) is 10.4 Å². The highest BCUT2D eigenvalue weighted by atomic mass is 79.9. The average Bonchev–Trinajstić information content (AvgIpc) is 2.66. The van der Waals surface area contributed by atoms with E-state index in [1.54, 1.807) is 37.4 Å². The van der Waals surface area contributed by atoms with E-state index in [0.717, 1.165) is 4.31 Å². The minimum absolute atomic E-state index is 0.0269. The number of amides is 1. The van der Waals surface area contributed by atoms with Crippen molar-refractivity contribution in [3.63, 3.8) is 0 Å². The SMILES string of the molecule is COc1ccc(N(C)C(=O)c2ccc(Br)c(S(=O)(=O)N(C)C)c2)cc1OC. The summed E-state index contributed by atoms with van der Waals surface area (Å²) in [6.07, 6.45) is 0. The van der Waals surface area contributed by atoms with Crippen molar-refractivity contribution in [3.8, 4) is 11.5 Å². The molecular formula is C18H21BrN2O5S. The molecule has 1 amide bonds. The first-order valence-electron chi connectivity index (χ1n) is 7.85. The summed E-state index contributed by atoms with van der Waals surface area (Å²) in [4.78, 5) is 14.3.